The fraction of sp³-hybridized carbons (Fsp3) is 0.400. The monoisotopic (exact) mass is 271 g/mol. The predicted octanol–water partition coefficient (Wildman–Crippen LogP) is 3.55. The Balaban J connectivity index is 2.47. The van der Waals surface area contributed by atoms with Crippen molar-refractivity contribution in [2.75, 3.05) is 0 Å². The SMILES string of the molecule is NC1(c2ccc(Cl)c(C(F)(F)F)c2)CC1(F)F. The van der Waals surface area contributed by atoms with E-state index in [-0.39, 0.29) is 5.56 Å². The summed E-state index contributed by atoms with van der Waals surface area (Å²) in [6.45, 7) is 0. The lowest BCUT2D eigenvalue weighted by atomic mass is 10.0. The Hall–Kier alpha value is -0.880. The van der Waals surface area contributed by atoms with Crippen molar-refractivity contribution in [3.8, 4) is 0 Å². The van der Waals surface area contributed by atoms with Gasteiger partial charge >= 0.3 is 6.18 Å². The summed E-state index contributed by atoms with van der Waals surface area (Å²) in [4.78, 5) is 0. The minimum Gasteiger partial charge on any atom is -0.316 e. The molecule has 0 saturated heterocycles. The van der Waals surface area contributed by atoms with Gasteiger partial charge in [-0.3, -0.25) is 0 Å². The highest BCUT2D eigenvalue weighted by molar-refractivity contribution is 6.31. The topological polar surface area (TPSA) is 26.0 Å². The summed E-state index contributed by atoms with van der Waals surface area (Å²) < 4.78 is 63.5. The molecule has 0 spiro atoms. The van der Waals surface area contributed by atoms with Crippen molar-refractivity contribution in [3.63, 3.8) is 0 Å². The van der Waals surface area contributed by atoms with Gasteiger partial charge in [-0.25, -0.2) is 8.78 Å². The molecule has 0 aliphatic heterocycles. The third-order valence-corrected chi connectivity index (χ3v) is 3.15. The van der Waals surface area contributed by atoms with E-state index in [1.807, 2.05) is 0 Å². The zero-order valence-electron chi connectivity index (χ0n) is 8.28. The lowest BCUT2D eigenvalue weighted by Gasteiger charge is -2.15. The number of rotatable bonds is 1. The molecule has 1 unspecified atom stereocenters. The maximum Gasteiger partial charge on any atom is 0.417 e. The first-order chi connectivity index (χ1) is 7.58. The number of hydrogen-bond acceptors (Lipinski definition) is 1. The smallest absolute Gasteiger partial charge is 0.316 e. The second-order valence-electron chi connectivity index (χ2n) is 4.04. The normalized spacial score (nSPS) is 27.0. The number of nitrogens with two attached hydrogens (primary N) is 1. The molecular weight excluding hydrogens is 265 g/mol. The van der Waals surface area contributed by atoms with Crippen LogP contribution in [0.25, 0.3) is 0 Å². The van der Waals surface area contributed by atoms with Gasteiger partial charge in [0.1, 0.15) is 5.54 Å². The van der Waals surface area contributed by atoms with Crippen LogP contribution in [0.5, 0.6) is 0 Å². The molecule has 1 saturated carbocycles. The second kappa shape index (κ2) is 3.32. The highest BCUT2D eigenvalue weighted by atomic mass is 35.5. The first-order valence-corrected chi connectivity index (χ1v) is 5.00. The molecule has 1 nitrogen and oxygen atoms in total. The number of benzene rings is 1. The number of alkyl halides is 5. The van der Waals surface area contributed by atoms with Crippen molar-refractivity contribution in [1.29, 1.82) is 0 Å². The van der Waals surface area contributed by atoms with Gasteiger partial charge in [-0.05, 0) is 17.7 Å². The molecule has 1 atom stereocenters. The van der Waals surface area contributed by atoms with Crippen LogP contribution in [-0.4, -0.2) is 5.92 Å². The van der Waals surface area contributed by atoms with E-state index >= 15 is 0 Å². The average molecular weight is 272 g/mol. The molecule has 0 amide bonds. The summed E-state index contributed by atoms with van der Waals surface area (Å²) >= 11 is 5.37. The molecule has 0 heterocycles. The van der Waals surface area contributed by atoms with E-state index in [1.165, 1.54) is 0 Å². The fourth-order valence-electron chi connectivity index (χ4n) is 1.64. The molecule has 2 N–H and O–H groups in total. The van der Waals surface area contributed by atoms with E-state index in [4.69, 9.17) is 17.3 Å². The van der Waals surface area contributed by atoms with Crippen molar-refractivity contribution in [3.05, 3.63) is 34.3 Å². The predicted molar refractivity (Wildman–Crippen MR) is 51.9 cm³/mol. The van der Waals surface area contributed by atoms with Gasteiger partial charge < -0.3 is 5.73 Å². The van der Waals surface area contributed by atoms with Crippen molar-refractivity contribution in [2.45, 2.75) is 24.1 Å². The lowest BCUT2D eigenvalue weighted by Crippen LogP contribution is -2.27. The Morgan fingerprint density at radius 1 is 1.24 bits per heavy atom. The summed E-state index contributed by atoms with van der Waals surface area (Å²) in [5.74, 6) is -3.16. The Labute approximate surface area is 98.4 Å². The summed E-state index contributed by atoms with van der Waals surface area (Å²) in [7, 11) is 0. The molecule has 1 aromatic carbocycles. The highest BCUT2D eigenvalue weighted by Gasteiger charge is 2.70. The van der Waals surface area contributed by atoms with Crippen molar-refractivity contribution in [2.24, 2.45) is 5.73 Å². The molecule has 0 aromatic heterocycles. The molecule has 1 aliphatic rings. The van der Waals surface area contributed by atoms with Gasteiger partial charge in [0.25, 0.3) is 5.92 Å². The van der Waals surface area contributed by atoms with E-state index in [1.54, 1.807) is 0 Å². The third-order valence-electron chi connectivity index (χ3n) is 2.82. The lowest BCUT2D eigenvalue weighted by molar-refractivity contribution is -0.137. The van der Waals surface area contributed by atoms with Crippen LogP contribution in [0.1, 0.15) is 17.5 Å². The summed E-state index contributed by atoms with van der Waals surface area (Å²) in [5, 5.41) is -0.534. The van der Waals surface area contributed by atoms with E-state index in [0.29, 0.717) is 6.07 Å². The molecule has 0 radical (unpaired) electrons. The Kier molecular flexibility index (Phi) is 2.46. The van der Waals surface area contributed by atoms with Crippen molar-refractivity contribution in [1.82, 2.24) is 0 Å². The zero-order valence-corrected chi connectivity index (χ0v) is 9.04. The van der Waals surface area contributed by atoms with Gasteiger partial charge in [0, 0.05) is 6.42 Å². The van der Waals surface area contributed by atoms with Crippen LogP contribution in [0.15, 0.2) is 18.2 Å². The second-order valence-corrected chi connectivity index (χ2v) is 4.45. The minimum atomic E-state index is -4.69. The molecule has 1 aliphatic carbocycles. The van der Waals surface area contributed by atoms with Crippen LogP contribution in [0.3, 0.4) is 0 Å². The molecule has 17 heavy (non-hydrogen) atoms. The summed E-state index contributed by atoms with van der Waals surface area (Å²) in [5.41, 5.74) is 1.95. The van der Waals surface area contributed by atoms with Crippen LogP contribution in [-0.2, 0) is 11.7 Å². The number of hydrogen-bond donors (Lipinski definition) is 1. The molecule has 1 aromatic rings. The Morgan fingerprint density at radius 3 is 2.18 bits per heavy atom. The average Bonchev–Trinajstić information content (AvgIpc) is 2.65. The summed E-state index contributed by atoms with van der Waals surface area (Å²) in [6.07, 6.45) is -5.34. The Morgan fingerprint density at radius 2 is 1.76 bits per heavy atom. The standard InChI is InChI=1S/C10H7ClF5N/c11-7-2-1-5(3-6(7)10(14,15)16)8(17)4-9(8,12)13/h1-3H,4,17H2. The van der Waals surface area contributed by atoms with Gasteiger partial charge in [-0.1, -0.05) is 17.7 Å². The molecule has 0 bridgehead atoms. The fourth-order valence-corrected chi connectivity index (χ4v) is 1.86. The Bertz CT molecular complexity index is 470. The van der Waals surface area contributed by atoms with Crippen molar-refractivity contribution < 1.29 is 22.0 Å². The minimum absolute atomic E-state index is 0.251. The molecule has 2 rings (SSSR count). The van der Waals surface area contributed by atoms with Crippen LogP contribution in [0, 0.1) is 0 Å². The van der Waals surface area contributed by atoms with Crippen molar-refractivity contribution >= 4 is 11.6 Å². The summed E-state index contributed by atoms with van der Waals surface area (Å²) in [6, 6.07) is 2.62. The van der Waals surface area contributed by atoms with Gasteiger partial charge in [0.05, 0.1) is 10.6 Å². The maximum atomic E-state index is 13.0. The zero-order chi connectivity index (χ0) is 13.1. The van der Waals surface area contributed by atoms with Crippen LogP contribution in [0.4, 0.5) is 22.0 Å². The third kappa shape index (κ3) is 1.89. The molecule has 1 fully saturated rings. The van der Waals surface area contributed by atoms with Gasteiger partial charge in [0.2, 0.25) is 0 Å². The first kappa shape index (κ1) is 12.6. The van der Waals surface area contributed by atoms with Crippen LogP contribution in [0.2, 0.25) is 5.02 Å². The first-order valence-electron chi connectivity index (χ1n) is 4.62. The van der Waals surface area contributed by atoms with Gasteiger partial charge in [0.15, 0.2) is 0 Å². The largest absolute Gasteiger partial charge is 0.417 e. The van der Waals surface area contributed by atoms with Gasteiger partial charge in [-0.2, -0.15) is 13.2 Å². The number of halogens is 6. The molecular formula is C10H7ClF5N. The highest BCUT2D eigenvalue weighted by Crippen LogP contribution is 2.58. The van der Waals surface area contributed by atoms with Crippen LogP contribution < -0.4 is 5.73 Å². The van der Waals surface area contributed by atoms with E-state index in [0.717, 1.165) is 12.1 Å². The molecule has 7 heteroatoms. The van der Waals surface area contributed by atoms with Gasteiger partial charge in [-0.15, -0.1) is 0 Å². The molecule has 94 valence electrons. The van der Waals surface area contributed by atoms with E-state index < -0.39 is 34.6 Å². The van der Waals surface area contributed by atoms with E-state index in [2.05, 4.69) is 0 Å². The maximum absolute atomic E-state index is 13.0. The van der Waals surface area contributed by atoms with E-state index in [9.17, 15) is 22.0 Å². The van der Waals surface area contributed by atoms with Crippen LogP contribution >= 0.6 is 11.6 Å². The quantitative estimate of drug-likeness (QED) is 0.777.